The predicted molar refractivity (Wildman–Crippen MR) is 131 cm³/mol. The molecule has 0 aliphatic rings. The molecule has 0 radical (unpaired) electrons. The third-order valence-corrected chi connectivity index (χ3v) is 7.32. The maximum atomic E-state index is 13.3. The number of amides is 1. The summed E-state index contributed by atoms with van der Waals surface area (Å²) in [6.45, 7) is 8.66. The molecule has 0 atom stereocenters. The number of aromatic amines is 1. The van der Waals surface area contributed by atoms with Crippen LogP contribution in [0.4, 0.5) is 11.5 Å². The van der Waals surface area contributed by atoms with Gasteiger partial charge in [0.15, 0.2) is 5.69 Å². The third-order valence-electron chi connectivity index (χ3n) is 5.23. The van der Waals surface area contributed by atoms with E-state index in [9.17, 15) is 14.4 Å². The van der Waals surface area contributed by atoms with Crippen LogP contribution in [0.15, 0.2) is 20.9 Å². The Balaban J connectivity index is 1.94. The minimum Gasteiger partial charge on any atom is -0.383 e. The maximum absolute atomic E-state index is 13.3. The van der Waals surface area contributed by atoms with E-state index in [1.807, 2.05) is 27.7 Å². The standard InChI is InChI=1S/C21H28N6O3S2/c1-5-7-9-26(16-17(22)27(8-6-2)21(30)25-18(16)29)14(28)10-31-19-15-12(3)13(4)32-20(15)24-11-23-19/h11H,5-10,22H2,1-4H3,(H,25,29,30). The topological polar surface area (TPSA) is 127 Å². The van der Waals surface area contributed by atoms with Crippen molar-refractivity contribution in [1.29, 1.82) is 0 Å². The first-order valence-electron chi connectivity index (χ1n) is 10.6. The molecule has 11 heteroatoms. The molecule has 9 nitrogen and oxygen atoms in total. The average molecular weight is 477 g/mol. The summed E-state index contributed by atoms with van der Waals surface area (Å²) in [5.41, 5.74) is 6.13. The minimum atomic E-state index is -0.650. The van der Waals surface area contributed by atoms with Gasteiger partial charge < -0.3 is 10.6 Å². The Bertz CT molecular complexity index is 1250. The van der Waals surface area contributed by atoms with Crippen LogP contribution in [0.1, 0.15) is 43.6 Å². The Morgan fingerprint density at radius 2 is 2.00 bits per heavy atom. The van der Waals surface area contributed by atoms with Crippen LogP contribution in [0.5, 0.6) is 0 Å². The number of hydrogen-bond donors (Lipinski definition) is 2. The summed E-state index contributed by atoms with van der Waals surface area (Å²) in [6, 6.07) is 0. The summed E-state index contributed by atoms with van der Waals surface area (Å²) in [4.78, 5) is 52.6. The van der Waals surface area contributed by atoms with Crippen molar-refractivity contribution in [3.05, 3.63) is 37.6 Å². The highest BCUT2D eigenvalue weighted by atomic mass is 32.2. The molecule has 0 bridgehead atoms. The quantitative estimate of drug-likeness (QED) is 0.359. The van der Waals surface area contributed by atoms with Gasteiger partial charge in [-0.1, -0.05) is 32.0 Å². The predicted octanol–water partition coefficient (Wildman–Crippen LogP) is 3.08. The zero-order valence-electron chi connectivity index (χ0n) is 18.7. The lowest BCUT2D eigenvalue weighted by Crippen LogP contribution is -2.42. The van der Waals surface area contributed by atoms with Crippen LogP contribution in [0, 0.1) is 13.8 Å². The van der Waals surface area contributed by atoms with Crippen LogP contribution in [0.2, 0.25) is 0 Å². The highest BCUT2D eigenvalue weighted by molar-refractivity contribution is 8.00. The van der Waals surface area contributed by atoms with Gasteiger partial charge in [-0.2, -0.15) is 0 Å². The molecule has 3 aromatic heterocycles. The van der Waals surface area contributed by atoms with Crippen LogP contribution < -0.4 is 21.9 Å². The average Bonchev–Trinajstić information content (AvgIpc) is 3.05. The lowest BCUT2D eigenvalue weighted by Gasteiger charge is -2.24. The first-order chi connectivity index (χ1) is 15.3. The smallest absolute Gasteiger partial charge is 0.330 e. The van der Waals surface area contributed by atoms with E-state index in [1.54, 1.807) is 11.3 Å². The first-order valence-corrected chi connectivity index (χ1v) is 12.4. The molecule has 0 saturated heterocycles. The molecule has 0 fully saturated rings. The second kappa shape index (κ2) is 10.3. The van der Waals surface area contributed by atoms with Gasteiger partial charge in [-0.25, -0.2) is 14.8 Å². The second-order valence-corrected chi connectivity index (χ2v) is 9.64. The lowest BCUT2D eigenvalue weighted by molar-refractivity contribution is -0.116. The summed E-state index contributed by atoms with van der Waals surface area (Å²) < 4.78 is 1.31. The molecule has 172 valence electrons. The van der Waals surface area contributed by atoms with Crippen molar-refractivity contribution in [1.82, 2.24) is 19.5 Å². The number of fused-ring (bicyclic) bond motifs is 1. The van der Waals surface area contributed by atoms with Gasteiger partial charge in [0.25, 0.3) is 5.56 Å². The number of carbonyl (C=O) groups is 1. The molecular weight excluding hydrogens is 448 g/mol. The van der Waals surface area contributed by atoms with Crippen molar-refractivity contribution in [3.63, 3.8) is 0 Å². The normalized spacial score (nSPS) is 11.2. The molecule has 0 spiro atoms. The fourth-order valence-corrected chi connectivity index (χ4v) is 5.42. The number of thiophene rings is 1. The first kappa shape index (κ1) is 24.0. The summed E-state index contributed by atoms with van der Waals surface area (Å²) in [5, 5.41) is 1.69. The Labute approximate surface area is 194 Å². The number of H-pyrrole nitrogens is 1. The zero-order chi connectivity index (χ0) is 23.4. The van der Waals surface area contributed by atoms with Gasteiger partial charge >= 0.3 is 5.69 Å². The Morgan fingerprint density at radius 3 is 2.69 bits per heavy atom. The number of hydrogen-bond acceptors (Lipinski definition) is 8. The Kier molecular flexibility index (Phi) is 7.73. The van der Waals surface area contributed by atoms with Crippen molar-refractivity contribution in [2.75, 3.05) is 22.9 Å². The molecule has 0 aliphatic carbocycles. The number of aryl methyl sites for hydroxylation is 2. The van der Waals surface area contributed by atoms with Gasteiger partial charge in [0.2, 0.25) is 5.91 Å². The van der Waals surface area contributed by atoms with Crippen LogP contribution >= 0.6 is 23.1 Å². The molecule has 3 N–H and O–H groups in total. The van der Waals surface area contributed by atoms with E-state index in [0.717, 1.165) is 32.1 Å². The van der Waals surface area contributed by atoms with Crippen LogP contribution in [-0.4, -0.2) is 37.7 Å². The van der Waals surface area contributed by atoms with Crippen LogP contribution in [0.3, 0.4) is 0 Å². The molecule has 3 aromatic rings. The fourth-order valence-electron chi connectivity index (χ4n) is 3.43. The Hall–Kier alpha value is -2.66. The molecule has 0 aromatic carbocycles. The SMILES string of the molecule is CCCCN(C(=O)CSc1ncnc2sc(C)c(C)c12)c1c(N)n(CCC)c(=O)[nH]c1=O. The highest BCUT2D eigenvalue weighted by Gasteiger charge is 2.24. The van der Waals surface area contributed by atoms with Crippen molar-refractivity contribution in [2.45, 2.75) is 58.5 Å². The summed E-state index contributed by atoms with van der Waals surface area (Å²) in [7, 11) is 0. The molecule has 3 rings (SSSR count). The number of thioether (sulfide) groups is 1. The molecule has 0 unspecified atom stereocenters. The number of aromatic nitrogens is 4. The summed E-state index contributed by atoms with van der Waals surface area (Å²) in [5.74, 6) is -0.168. The Morgan fingerprint density at radius 1 is 1.25 bits per heavy atom. The van der Waals surface area contributed by atoms with E-state index in [-0.39, 0.29) is 23.2 Å². The van der Waals surface area contributed by atoms with Gasteiger partial charge in [0, 0.05) is 23.4 Å². The van der Waals surface area contributed by atoms with Gasteiger partial charge in [0.1, 0.15) is 22.0 Å². The highest BCUT2D eigenvalue weighted by Crippen LogP contribution is 2.34. The minimum absolute atomic E-state index is 0.0174. The van der Waals surface area contributed by atoms with E-state index in [0.29, 0.717) is 25.9 Å². The molecule has 1 amide bonds. The van der Waals surface area contributed by atoms with Crippen LogP contribution in [-0.2, 0) is 11.3 Å². The molecule has 0 aliphatic heterocycles. The maximum Gasteiger partial charge on any atom is 0.330 e. The molecule has 32 heavy (non-hydrogen) atoms. The number of nitrogen functional groups attached to an aromatic ring is 1. The van der Waals surface area contributed by atoms with Crippen molar-refractivity contribution in [3.8, 4) is 0 Å². The monoisotopic (exact) mass is 476 g/mol. The van der Waals surface area contributed by atoms with Crippen molar-refractivity contribution in [2.24, 2.45) is 0 Å². The molecular formula is C21H28N6O3S2. The van der Waals surface area contributed by atoms with E-state index in [1.165, 1.54) is 27.6 Å². The number of rotatable bonds is 9. The van der Waals surface area contributed by atoms with Gasteiger partial charge in [-0.15, -0.1) is 11.3 Å². The summed E-state index contributed by atoms with van der Waals surface area (Å²) in [6.07, 6.45) is 3.70. The number of nitrogens with zero attached hydrogens (tertiary/aromatic N) is 4. The number of anilines is 2. The van der Waals surface area contributed by atoms with Crippen molar-refractivity contribution >= 4 is 50.7 Å². The van der Waals surface area contributed by atoms with Gasteiger partial charge in [0.05, 0.1) is 5.75 Å². The van der Waals surface area contributed by atoms with Crippen molar-refractivity contribution < 1.29 is 4.79 Å². The number of nitrogens with one attached hydrogen (secondary N) is 1. The van der Waals surface area contributed by atoms with E-state index >= 15 is 0 Å². The van der Waals surface area contributed by atoms with Gasteiger partial charge in [-0.3, -0.25) is 19.1 Å². The number of carbonyl (C=O) groups excluding carboxylic acids is 1. The van der Waals surface area contributed by atoms with E-state index in [2.05, 4.69) is 15.0 Å². The zero-order valence-corrected chi connectivity index (χ0v) is 20.4. The fraction of sp³-hybridized carbons (Fsp3) is 0.476. The molecule has 3 heterocycles. The van der Waals surface area contributed by atoms with E-state index in [4.69, 9.17) is 5.73 Å². The third kappa shape index (κ3) is 4.73. The largest absolute Gasteiger partial charge is 0.383 e. The number of nitrogens with two attached hydrogens (primary N) is 1. The second-order valence-electron chi connectivity index (χ2n) is 7.47. The van der Waals surface area contributed by atoms with Gasteiger partial charge in [-0.05, 0) is 32.3 Å². The lowest BCUT2D eigenvalue weighted by atomic mass is 10.2. The molecule has 0 saturated carbocycles. The van der Waals surface area contributed by atoms with E-state index < -0.39 is 11.2 Å². The summed E-state index contributed by atoms with van der Waals surface area (Å²) >= 11 is 2.91. The number of unbranched alkanes of at least 4 members (excludes halogenated alkanes) is 1. The van der Waals surface area contributed by atoms with Crippen LogP contribution in [0.25, 0.3) is 10.2 Å².